The molecule has 6 heteroatoms. The first kappa shape index (κ1) is 22.1. The summed E-state index contributed by atoms with van der Waals surface area (Å²) in [5.41, 5.74) is 2.43. The lowest BCUT2D eigenvalue weighted by Crippen LogP contribution is -2.38. The van der Waals surface area contributed by atoms with Crippen LogP contribution in [0.3, 0.4) is 0 Å². The molecule has 0 bridgehead atoms. The Morgan fingerprint density at radius 1 is 1.23 bits per heavy atom. The number of para-hydroxylation sites is 1. The van der Waals surface area contributed by atoms with Crippen molar-refractivity contribution in [1.82, 2.24) is 4.90 Å². The fourth-order valence-corrected chi connectivity index (χ4v) is 5.24. The molecule has 3 heterocycles. The minimum Gasteiger partial charge on any atom is -0.479 e. The molecule has 6 nitrogen and oxygen atoms in total. The first-order valence-corrected chi connectivity index (χ1v) is 12.2. The predicted octanol–water partition coefficient (Wildman–Crippen LogP) is 4.38. The van der Waals surface area contributed by atoms with Gasteiger partial charge in [0.05, 0.1) is 13.0 Å². The van der Waals surface area contributed by atoms with Gasteiger partial charge in [-0.15, -0.1) is 0 Å². The molecule has 1 aromatic rings. The van der Waals surface area contributed by atoms with Crippen LogP contribution < -0.4 is 4.90 Å². The number of hydrogen-bond acceptors (Lipinski definition) is 5. The maximum atomic E-state index is 12.5. The van der Waals surface area contributed by atoms with E-state index in [0.717, 1.165) is 57.0 Å². The molecule has 3 aliphatic rings. The molecule has 4 rings (SSSR count). The van der Waals surface area contributed by atoms with Crippen molar-refractivity contribution in [3.8, 4) is 0 Å². The van der Waals surface area contributed by atoms with Crippen LogP contribution in [0.1, 0.15) is 63.9 Å². The van der Waals surface area contributed by atoms with E-state index in [4.69, 9.17) is 9.57 Å². The molecule has 1 aromatic carbocycles. The lowest BCUT2D eigenvalue weighted by atomic mass is 9.93. The summed E-state index contributed by atoms with van der Waals surface area (Å²) in [5, 5.41) is 3.92. The number of carbonyl (C=O) groups excluding carboxylic acids is 1. The Balaban J connectivity index is 1.22. The minimum atomic E-state index is 0.278. The van der Waals surface area contributed by atoms with Crippen molar-refractivity contribution in [1.29, 1.82) is 0 Å². The monoisotopic (exact) mass is 427 g/mol. The van der Waals surface area contributed by atoms with Crippen molar-refractivity contribution < 1.29 is 14.4 Å². The number of aryl methyl sites for hydroxylation is 1. The van der Waals surface area contributed by atoms with Gasteiger partial charge in [0.2, 0.25) is 11.8 Å². The highest BCUT2D eigenvalue weighted by Gasteiger charge is 2.28. The van der Waals surface area contributed by atoms with Crippen molar-refractivity contribution in [3.05, 3.63) is 29.8 Å². The van der Waals surface area contributed by atoms with Gasteiger partial charge in [-0.2, -0.15) is 0 Å². The average molecular weight is 428 g/mol. The van der Waals surface area contributed by atoms with E-state index in [2.05, 4.69) is 35.2 Å². The van der Waals surface area contributed by atoms with E-state index in [1.807, 2.05) is 11.0 Å². The fourth-order valence-electron chi connectivity index (χ4n) is 5.24. The zero-order chi connectivity index (χ0) is 21.5. The molecule has 0 aromatic heterocycles. The van der Waals surface area contributed by atoms with Gasteiger partial charge in [-0.3, -0.25) is 4.79 Å². The van der Waals surface area contributed by atoms with Crippen molar-refractivity contribution in [2.24, 2.45) is 11.1 Å². The van der Waals surface area contributed by atoms with Gasteiger partial charge in [-0.1, -0.05) is 36.7 Å². The molecular formula is C25H37N3O3. The summed E-state index contributed by atoms with van der Waals surface area (Å²) in [4.78, 5) is 22.2. The lowest BCUT2D eigenvalue weighted by molar-refractivity contribution is -0.118. The van der Waals surface area contributed by atoms with Gasteiger partial charge >= 0.3 is 0 Å². The summed E-state index contributed by atoms with van der Waals surface area (Å²) in [6, 6.07) is 9.05. The molecule has 0 aliphatic carbocycles. The topological polar surface area (TPSA) is 54.4 Å². The van der Waals surface area contributed by atoms with E-state index >= 15 is 0 Å². The molecule has 0 spiro atoms. The SMILES string of the molecule is CCC(CCOC1=NOCC1)CC1CCCN1CCCN1C(=O)CCc2ccccc21. The van der Waals surface area contributed by atoms with E-state index in [-0.39, 0.29) is 5.91 Å². The third-order valence-corrected chi connectivity index (χ3v) is 7.07. The number of benzene rings is 1. The summed E-state index contributed by atoms with van der Waals surface area (Å²) < 4.78 is 5.77. The second-order valence-electron chi connectivity index (χ2n) is 9.08. The van der Waals surface area contributed by atoms with Crippen LogP contribution in [0.25, 0.3) is 0 Å². The zero-order valence-electron chi connectivity index (χ0n) is 18.9. The first-order chi connectivity index (χ1) is 15.2. The van der Waals surface area contributed by atoms with Crippen LogP contribution in [0.2, 0.25) is 0 Å². The Labute approximate surface area is 186 Å². The third kappa shape index (κ3) is 5.79. The van der Waals surface area contributed by atoms with Gasteiger partial charge in [0.1, 0.15) is 6.61 Å². The Bertz CT molecular complexity index is 766. The predicted molar refractivity (Wildman–Crippen MR) is 123 cm³/mol. The zero-order valence-corrected chi connectivity index (χ0v) is 18.9. The third-order valence-electron chi connectivity index (χ3n) is 7.07. The number of hydrogen-bond donors (Lipinski definition) is 0. The minimum absolute atomic E-state index is 0.278. The average Bonchev–Trinajstić information content (AvgIpc) is 3.47. The summed E-state index contributed by atoms with van der Waals surface area (Å²) in [7, 11) is 0. The molecule has 1 amide bonds. The van der Waals surface area contributed by atoms with Gasteiger partial charge in [-0.25, -0.2) is 0 Å². The quantitative estimate of drug-likeness (QED) is 0.556. The number of anilines is 1. The van der Waals surface area contributed by atoms with Crippen LogP contribution in [-0.2, 0) is 20.8 Å². The van der Waals surface area contributed by atoms with Gasteiger partial charge < -0.3 is 19.4 Å². The molecule has 0 radical (unpaired) electrons. The Hall–Kier alpha value is -2.08. The van der Waals surface area contributed by atoms with Crippen LogP contribution in [-0.4, -0.2) is 55.6 Å². The van der Waals surface area contributed by atoms with Gasteiger partial charge in [0.25, 0.3) is 0 Å². The second kappa shape index (κ2) is 11.0. The van der Waals surface area contributed by atoms with E-state index in [9.17, 15) is 4.79 Å². The van der Waals surface area contributed by atoms with Crippen LogP contribution in [0.4, 0.5) is 5.69 Å². The number of amides is 1. The summed E-state index contributed by atoms with van der Waals surface area (Å²) in [5.74, 6) is 1.72. The van der Waals surface area contributed by atoms with E-state index in [0.29, 0.717) is 25.0 Å². The van der Waals surface area contributed by atoms with Crippen LogP contribution >= 0.6 is 0 Å². The normalized spacial score (nSPS) is 22.2. The summed E-state index contributed by atoms with van der Waals surface area (Å²) >= 11 is 0. The number of likely N-dealkylation sites (tertiary alicyclic amines) is 1. The number of nitrogens with zero attached hydrogens (tertiary/aromatic N) is 3. The number of carbonyl (C=O) groups is 1. The van der Waals surface area contributed by atoms with Crippen molar-refractivity contribution in [3.63, 3.8) is 0 Å². The highest BCUT2D eigenvalue weighted by atomic mass is 16.7. The Morgan fingerprint density at radius 2 is 2.13 bits per heavy atom. The molecule has 2 unspecified atom stereocenters. The van der Waals surface area contributed by atoms with Crippen molar-refractivity contribution in [2.75, 3.05) is 37.7 Å². The van der Waals surface area contributed by atoms with Gasteiger partial charge in [0, 0.05) is 31.2 Å². The lowest BCUT2D eigenvalue weighted by Gasteiger charge is -2.31. The number of fused-ring (bicyclic) bond motifs is 1. The molecule has 31 heavy (non-hydrogen) atoms. The molecule has 2 atom stereocenters. The van der Waals surface area contributed by atoms with Crippen molar-refractivity contribution in [2.45, 2.75) is 70.8 Å². The molecular weight excluding hydrogens is 390 g/mol. The standard InChI is InChI=1S/C25H37N3O3/c1-2-20(12-17-30-24-13-18-31-26-24)19-22-8-5-14-27(22)15-6-16-28-23-9-4-3-7-21(23)10-11-25(28)29/h3-4,7,9,20,22H,2,5-6,8,10-19H2,1H3. The number of oxime groups is 1. The molecule has 0 saturated carbocycles. The van der Waals surface area contributed by atoms with E-state index in [1.165, 1.54) is 37.8 Å². The first-order valence-electron chi connectivity index (χ1n) is 12.2. The second-order valence-corrected chi connectivity index (χ2v) is 9.08. The molecule has 1 saturated heterocycles. The molecule has 170 valence electrons. The van der Waals surface area contributed by atoms with Crippen LogP contribution in [0.15, 0.2) is 29.4 Å². The molecule has 0 N–H and O–H groups in total. The van der Waals surface area contributed by atoms with Crippen molar-refractivity contribution >= 4 is 17.5 Å². The van der Waals surface area contributed by atoms with Crippen LogP contribution in [0, 0.1) is 5.92 Å². The smallest absolute Gasteiger partial charge is 0.229 e. The van der Waals surface area contributed by atoms with Gasteiger partial charge in [0.15, 0.2) is 0 Å². The Kier molecular flexibility index (Phi) is 7.84. The highest BCUT2D eigenvalue weighted by molar-refractivity contribution is 5.96. The summed E-state index contributed by atoms with van der Waals surface area (Å²) in [6.45, 7) is 6.78. The van der Waals surface area contributed by atoms with E-state index in [1.54, 1.807) is 0 Å². The largest absolute Gasteiger partial charge is 0.479 e. The van der Waals surface area contributed by atoms with Gasteiger partial charge in [-0.05, 0) is 62.6 Å². The number of rotatable bonds is 10. The number of ether oxygens (including phenoxy) is 1. The van der Waals surface area contributed by atoms with Crippen LogP contribution in [0.5, 0.6) is 0 Å². The van der Waals surface area contributed by atoms with E-state index < -0.39 is 0 Å². The molecule has 1 fully saturated rings. The maximum absolute atomic E-state index is 12.5. The fraction of sp³-hybridized carbons (Fsp3) is 0.680. The Morgan fingerprint density at radius 3 is 2.97 bits per heavy atom. The maximum Gasteiger partial charge on any atom is 0.229 e. The highest BCUT2D eigenvalue weighted by Crippen LogP contribution is 2.29. The molecule has 3 aliphatic heterocycles. The summed E-state index contributed by atoms with van der Waals surface area (Å²) in [6.07, 6.45) is 9.46.